The molecule has 1 amide bonds. The van der Waals surface area contributed by atoms with Gasteiger partial charge in [-0.25, -0.2) is 0 Å². The fourth-order valence-corrected chi connectivity index (χ4v) is 2.42. The predicted molar refractivity (Wildman–Crippen MR) is 73.7 cm³/mol. The molecular weight excluding hydrogens is 315 g/mol. The van der Waals surface area contributed by atoms with Crippen LogP contribution in [0.4, 0.5) is 18.9 Å². The first-order chi connectivity index (χ1) is 10.7. The molecule has 0 unspecified atom stereocenters. The number of ether oxygens (including phenoxy) is 1. The lowest BCUT2D eigenvalue weighted by molar-refractivity contribution is -0.274. The summed E-state index contributed by atoms with van der Waals surface area (Å²) in [7, 11) is 0. The molecule has 8 heteroatoms. The van der Waals surface area contributed by atoms with Gasteiger partial charge in [-0.1, -0.05) is 6.92 Å². The van der Waals surface area contributed by atoms with E-state index >= 15 is 0 Å². The number of amides is 1. The molecule has 1 N–H and O–H groups in total. The molecule has 1 fully saturated rings. The number of carbonyl (C=O) groups is 3. The maximum Gasteiger partial charge on any atom is 0.573 e. The second-order valence-electron chi connectivity index (χ2n) is 5.44. The molecule has 0 saturated heterocycles. The van der Waals surface area contributed by atoms with Crippen LogP contribution in [0.15, 0.2) is 24.3 Å². The molecule has 0 bridgehead atoms. The van der Waals surface area contributed by atoms with Gasteiger partial charge >= 0.3 is 6.36 Å². The van der Waals surface area contributed by atoms with Crippen LogP contribution in [0.1, 0.15) is 19.8 Å². The Bertz CT molecular complexity index is 607. The van der Waals surface area contributed by atoms with E-state index < -0.39 is 35.5 Å². The number of hydrogen-bond acceptors (Lipinski definition) is 4. The van der Waals surface area contributed by atoms with E-state index in [4.69, 9.17) is 0 Å². The SMILES string of the molecule is CC1CC(=O)C(C(=O)Nc2ccc(OC(F)(F)F)cc2)C(=O)C1. The number of halogens is 3. The summed E-state index contributed by atoms with van der Waals surface area (Å²) in [5.41, 5.74) is 0.170. The first-order valence-corrected chi connectivity index (χ1v) is 6.88. The van der Waals surface area contributed by atoms with Crippen LogP contribution in [0.5, 0.6) is 5.75 Å². The molecule has 0 heterocycles. The Morgan fingerprint density at radius 2 is 1.65 bits per heavy atom. The number of rotatable bonds is 3. The van der Waals surface area contributed by atoms with Gasteiger partial charge in [0.2, 0.25) is 5.91 Å². The van der Waals surface area contributed by atoms with Gasteiger partial charge in [0.05, 0.1) is 0 Å². The summed E-state index contributed by atoms with van der Waals surface area (Å²) in [5.74, 6) is -3.52. The molecule has 1 aromatic carbocycles. The average Bonchev–Trinajstić information content (AvgIpc) is 2.38. The van der Waals surface area contributed by atoms with Crippen molar-refractivity contribution in [3.8, 4) is 5.75 Å². The number of alkyl halides is 3. The number of ketones is 2. The van der Waals surface area contributed by atoms with E-state index in [1.165, 1.54) is 12.1 Å². The predicted octanol–water partition coefficient (Wildman–Crippen LogP) is 2.71. The van der Waals surface area contributed by atoms with Crippen molar-refractivity contribution in [3.63, 3.8) is 0 Å². The fourth-order valence-electron chi connectivity index (χ4n) is 2.42. The van der Waals surface area contributed by atoms with Gasteiger partial charge in [0, 0.05) is 18.5 Å². The summed E-state index contributed by atoms with van der Waals surface area (Å²) in [5, 5.41) is 2.36. The molecule has 1 aliphatic rings. The van der Waals surface area contributed by atoms with Crippen molar-refractivity contribution < 1.29 is 32.3 Å². The maximum atomic E-state index is 12.0. The highest BCUT2D eigenvalue weighted by molar-refractivity contribution is 6.23. The third kappa shape index (κ3) is 4.54. The van der Waals surface area contributed by atoms with Crippen LogP contribution in [-0.4, -0.2) is 23.8 Å². The summed E-state index contributed by atoms with van der Waals surface area (Å²) in [6.07, 6.45) is -4.49. The second kappa shape index (κ2) is 6.39. The molecule has 1 aromatic rings. The topological polar surface area (TPSA) is 72.5 Å². The lowest BCUT2D eigenvalue weighted by atomic mass is 9.80. The molecule has 1 saturated carbocycles. The molecule has 0 radical (unpaired) electrons. The highest BCUT2D eigenvalue weighted by Gasteiger charge is 2.38. The molecular formula is C15H14F3NO4. The van der Waals surface area contributed by atoms with E-state index in [2.05, 4.69) is 10.1 Å². The standard InChI is InChI=1S/C15H14F3NO4/c1-8-6-11(20)13(12(21)7-8)14(22)19-9-2-4-10(5-3-9)23-15(16,17)18/h2-5,8,13H,6-7H2,1H3,(H,19,22). The van der Waals surface area contributed by atoms with Crippen molar-refractivity contribution in [2.75, 3.05) is 5.32 Å². The zero-order chi connectivity index (χ0) is 17.2. The monoisotopic (exact) mass is 329 g/mol. The van der Waals surface area contributed by atoms with Crippen LogP contribution in [0.3, 0.4) is 0 Å². The van der Waals surface area contributed by atoms with Gasteiger partial charge < -0.3 is 10.1 Å². The van der Waals surface area contributed by atoms with Gasteiger partial charge in [0.15, 0.2) is 17.5 Å². The number of nitrogens with one attached hydrogen (secondary N) is 1. The molecule has 23 heavy (non-hydrogen) atoms. The van der Waals surface area contributed by atoms with Crippen molar-refractivity contribution in [2.45, 2.75) is 26.1 Å². The fraction of sp³-hybridized carbons (Fsp3) is 0.400. The van der Waals surface area contributed by atoms with Crippen LogP contribution in [-0.2, 0) is 14.4 Å². The van der Waals surface area contributed by atoms with Crippen molar-refractivity contribution in [1.29, 1.82) is 0 Å². The minimum absolute atomic E-state index is 0.0853. The second-order valence-corrected chi connectivity index (χ2v) is 5.44. The number of anilines is 1. The lowest BCUT2D eigenvalue weighted by Gasteiger charge is -2.23. The third-order valence-corrected chi connectivity index (χ3v) is 3.36. The quantitative estimate of drug-likeness (QED) is 0.866. The Kier molecular flexibility index (Phi) is 4.72. The lowest BCUT2D eigenvalue weighted by Crippen LogP contribution is -2.40. The molecule has 5 nitrogen and oxygen atoms in total. The summed E-state index contributed by atoms with van der Waals surface area (Å²) in [6.45, 7) is 1.75. The van der Waals surface area contributed by atoms with Crippen molar-refractivity contribution in [2.24, 2.45) is 11.8 Å². The number of benzene rings is 1. The first-order valence-electron chi connectivity index (χ1n) is 6.88. The van der Waals surface area contributed by atoms with Crippen LogP contribution >= 0.6 is 0 Å². The molecule has 0 aliphatic heterocycles. The highest BCUT2D eigenvalue weighted by atomic mass is 19.4. The van der Waals surface area contributed by atoms with E-state index in [1.807, 2.05) is 0 Å². The number of carbonyl (C=O) groups excluding carboxylic acids is 3. The van der Waals surface area contributed by atoms with Crippen molar-refractivity contribution in [1.82, 2.24) is 0 Å². The number of hydrogen-bond donors (Lipinski definition) is 1. The third-order valence-electron chi connectivity index (χ3n) is 3.36. The highest BCUT2D eigenvalue weighted by Crippen LogP contribution is 2.26. The van der Waals surface area contributed by atoms with E-state index in [9.17, 15) is 27.6 Å². The molecule has 124 valence electrons. The van der Waals surface area contributed by atoms with Gasteiger partial charge in [0.25, 0.3) is 0 Å². The minimum atomic E-state index is -4.80. The molecule has 0 atom stereocenters. The van der Waals surface area contributed by atoms with Crippen molar-refractivity contribution in [3.05, 3.63) is 24.3 Å². The summed E-state index contributed by atoms with van der Waals surface area (Å²) in [4.78, 5) is 35.7. The Balaban J connectivity index is 2.03. The van der Waals surface area contributed by atoms with Gasteiger partial charge in [-0.15, -0.1) is 13.2 Å². The van der Waals surface area contributed by atoms with Crippen LogP contribution in [0, 0.1) is 11.8 Å². The summed E-state index contributed by atoms with van der Waals surface area (Å²) < 4.78 is 39.8. The molecule has 0 aromatic heterocycles. The van der Waals surface area contributed by atoms with E-state index in [-0.39, 0.29) is 24.4 Å². The molecule has 2 rings (SSSR count). The van der Waals surface area contributed by atoms with Gasteiger partial charge in [-0.05, 0) is 30.2 Å². The van der Waals surface area contributed by atoms with Crippen LogP contribution in [0.25, 0.3) is 0 Å². The Labute approximate surface area is 129 Å². The number of Topliss-reactive ketones (excluding diaryl/α,β-unsaturated/α-hetero) is 2. The Hall–Kier alpha value is -2.38. The van der Waals surface area contributed by atoms with Crippen LogP contribution in [0.2, 0.25) is 0 Å². The van der Waals surface area contributed by atoms with Gasteiger partial charge in [-0.2, -0.15) is 0 Å². The van der Waals surface area contributed by atoms with E-state index in [1.54, 1.807) is 6.92 Å². The molecule has 1 aliphatic carbocycles. The summed E-state index contributed by atoms with van der Waals surface area (Å²) in [6, 6.07) is 4.43. The van der Waals surface area contributed by atoms with Gasteiger partial charge in [-0.3, -0.25) is 14.4 Å². The normalized spacial score (nSPS) is 21.9. The largest absolute Gasteiger partial charge is 0.573 e. The molecule has 0 spiro atoms. The first kappa shape index (κ1) is 17.0. The van der Waals surface area contributed by atoms with E-state index in [0.717, 1.165) is 12.1 Å². The van der Waals surface area contributed by atoms with E-state index in [0.29, 0.717) is 0 Å². The zero-order valence-electron chi connectivity index (χ0n) is 12.1. The maximum absolute atomic E-state index is 12.0. The average molecular weight is 329 g/mol. The van der Waals surface area contributed by atoms with Crippen molar-refractivity contribution >= 4 is 23.2 Å². The smallest absolute Gasteiger partial charge is 0.406 e. The van der Waals surface area contributed by atoms with Gasteiger partial charge in [0.1, 0.15) is 5.75 Å². The minimum Gasteiger partial charge on any atom is -0.406 e. The summed E-state index contributed by atoms with van der Waals surface area (Å²) >= 11 is 0. The Morgan fingerprint density at radius 1 is 1.13 bits per heavy atom. The van der Waals surface area contributed by atoms with Crippen LogP contribution < -0.4 is 10.1 Å². The Morgan fingerprint density at radius 3 is 2.13 bits per heavy atom. The zero-order valence-corrected chi connectivity index (χ0v) is 12.1.